The fraction of sp³-hybridized carbons (Fsp3) is 0.500. The molecule has 0 aromatic carbocycles. The summed E-state index contributed by atoms with van der Waals surface area (Å²) in [5.41, 5.74) is -0.459. The van der Waals surface area contributed by atoms with Gasteiger partial charge in [-0.2, -0.15) is 0 Å². The number of unbranched alkanes of at least 4 members (excludes halogenated alkanes) is 1. The lowest BCUT2D eigenvalue weighted by molar-refractivity contribution is 0.0523. The molecular weight excluding hydrogens is 222 g/mol. The van der Waals surface area contributed by atoms with Gasteiger partial charge in [-0.3, -0.25) is 4.79 Å². The first-order valence-electron chi connectivity index (χ1n) is 5.71. The molecule has 1 rings (SSSR count). The van der Waals surface area contributed by atoms with Crippen molar-refractivity contribution in [2.24, 2.45) is 0 Å². The van der Waals surface area contributed by atoms with E-state index >= 15 is 0 Å². The van der Waals surface area contributed by atoms with Crippen molar-refractivity contribution in [3.05, 3.63) is 28.2 Å². The van der Waals surface area contributed by atoms with Gasteiger partial charge in [0.1, 0.15) is 5.56 Å². The van der Waals surface area contributed by atoms with Gasteiger partial charge in [-0.1, -0.05) is 13.3 Å². The highest BCUT2D eigenvalue weighted by atomic mass is 16.5. The van der Waals surface area contributed by atoms with Crippen molar-refractivity contribution in [3.8, 4) is 5.75 Å². The van der Waals surface area contributed by atoms with Crippen molar-refractivity contribution in [2.45, 2.75) is 26.7 Å². The molecule has 0 fully saturated rings. The summed E-state index contributed by atoms with van der Waals surface area (Å²) in [4.78, 5) is 26.0. The van der Waals surface area contributed by atoms with Crippen LogP contribution in [0.15, 0.2) is 17.2 Å². The second kappa shape index (κ2) is 6.73. The van der Waals surface area contributed by atoms with Crippen LogP contribution in [-0.4, -0.2) is 24.2 Å². The number of pyridine rings is 1. The number of nitrogens with one attached hydrogen (secondary N) is 1. The maximum Gasteiger partial charge on any atom is 0.343 e. The molecule has 0 aliphatic carbocycles. The molecule has 0 amide bonds. The highest BCUT2D eigenvalue weighted by Gasteiger charge is 2.14. The number of rotatable bonds is 6. The summed E-state index contributed by atoms with van der Waals surface area (Å²) in [5, 5.41) is 0. The van der Waals surface area contributed by atoms with E-state index in [0.29, 0.717) is 6.61 Å². The van der Waals surface area contributed by atoms with Gasteiger partial charge in [0.25, 0.3) is 0 Å². The zero-order valence-electron chi connectivity index (χ0n) is 10.1. The number of ether oxygens (including phenoxy) is 2. The molecule has 94 valence electrons. The molecule has 5 heteroatoms. The molecule has 0 aliphatic heterocycles. The van der Waals surface area contributed by atoms with E-state index in [2.05, 4.69) is 4.98 Å². The number of carbonyl (C=O) groups is 1. The van der Waals surface area contributed by atoms with E-state index in [1.807, 2.05) is 6.92 Å². The summed E-state index contributed by atoms with van der Waals surface area (Å²) < 4.78 is 10.1. The minimum atomic E-state index is -0.630. The average molecular weight is 239 g/mol. The van der Waals surface area contributed by atoms with Crippen LogP contribution in [0.1, 0.15) is 37.0 Å². The number of hydrogen-bond donors (Lipinski definition) is 1. The van der Waals surface area contributed by atoms with Gasteiger partial charge in [0.2, 0.25) is 5.43 Å². The van der Waals surface area contributed by atoms with Crippen LogP contribution in [0.5, 0.6) is 5.75 Å². The first-order chi connectivity index (χ1) is 8.20. The zero-order valence-corrected chi connectivity index (χ0v) is 10.1. The molecule has 1 aromatic rings. The average Bonchev–Trinajstić information content (AvgIpc) is 2.32. The predicted molar refractivity (Wildman–Crippen MR) is 63.4 cm³/mol. The number of aromatic nitrogens is 1. The Kier molecular flexibility index (Phi) is 5.26. The standard InChI is InChI=1S/C12H17NO4/c1-3-5-6-17-10-8-13-7-9(11(10)14)12(15)16-4-2/h7-8H,3-6H2,1-2H3,(H,13,14). The highest BCUT2D eigenvalue weighted by molar-refractivity contribution is 5.89. The lowest BCUT2D eigenvalue weighted by Gasteiger charge is -2.06. The Morgan fingerprint density at radius 2 is 2.12 bits per heavy atom. The Morgan fingerprint density at radius 1 is 1.35 bits per heavy atom. The van der Waals surface area contributed by atoms with Gasteiger partial charge >= 0.3 is 5.97 Å². The molecule has 0 bridgehead atoms. The molecule has 0 radical (unpaired) electrons. The quantitative estimate of drug-likeness (QED) is 0.606. The summed E-state index contributed by atoms with van der Waals surface area (Å²) in [6.07, 6.45) is 4.62. The fourth-order valence-electron chi connectivity index (χ4n) is 1.26. The van der Waals surface area contributed by atoms with Crippen molar-refractivity contribution < 1.29 is 14.3 Å². The molecule has 0 unspecified atom stereocenters. The second-order valence-corrected chi connectivity index (χ2v) is 3.48. The second-order valence-electron chi connectivity index (χ2n) is 3.48. The predicted octanol–water partition coefficient (Wildman–Crippen LogP) is 1.73. The monoisotopic (exact) mass is 239 g/mol. The van der Waals surface area contributed by atoms with E-state index < -0.39 is 11.4 Å². The lowest BCUT2D eigenvalue weighted by Crippen LogP contribution is -2.19. The minimum Gasteiger partial charge on any atom is -0.488 e. The van der Waals surface area contributed by atoms with Crippen molar-refractivity contribution >= 4 is 5.97 Å². The summed E-state index contributed by atoms with van der Waals surface area (Å²) in [6, 6.07) is 0. The Labute approximate surface area is 99.8 Å². The molecule has 0 spiro atoms. The molecule has 0 aliphatic rings. The Hall–Kier alpha value is -1.78. The number of carbonyl (C=O) groups excluding carboxylic acids is 1. The number of esters is 1. The molecule has 1 N–H and O–H groups in total. The van der Waals surface area contributed by atoms with E-state index in [1.54, 1.807) is 6.92 Å². The molecule has 0 saturated carbocycles. The van der Waals surface area contributed by atoms with Crippen LogP contribution in [-0.2, 0) is 4.74 Å². The van der Waals surface area contributed by atoms with E-state index in [-0.39, 0.29) is 17.9 Å². The molecule has 0 atom stereocenters. The molecule has 0 saturated heterocycles. The lowest BCUT2D eigenvalue weighted by atomic mass is 10.2. The van der Waals surface area contributed by atoms with Gasteiger partial charge in [0.05, 0.1) is 13.2 Å². The topological polar surface area (TPSA) is 68.4 Å². The van der Waals surface area contributed by atoms with Crippen LogP contribution in [0.4, 0.5) is 0 Å². The van der Waals surface area contributed by atoms with Crippen molar-refractivity contribution in [3.63, 3.8) is 0 Å². The molecule has 17 heavy (non-hydrogen) atoms. The van der Waals surface area contributed by atoms with Gasteiger partial charge < -0.3 is 14.5 Å². The van der Waals surface area contributed by atoms with Gasteiger partial charge in [0, 0.05) is 12.4 Å². The Bertz CT molecular complexity index is 425. The number of aromatic amines is 1. The number of hydrogen-bond acceptors (Lipinski definition) is 4. The SMILES string of the molecule is CCCCOc1c[nH]cc(C(=O)OCC)c1=O. The van der Waals surface area contributed by atoms with Crippen LogP contribution < -0.4 is 10.2 Å². The minimum absolute atomic E-state index is 0.0270. The molecular formula is C12H17NO4. The smallest absolute Gasteiger partial charge is 0.343 e. The van der Waals surface area contributed by atoms with Crippen molar-refractivity contribution in [2.75, 3.05) is 13.2 Å². The van der Waals surface area contributed by atoms with E-state index in [1.165, 1.54) is 12.4 Å². The Morgan fingerprint density at radius 3 is 2.76 bits per heavy atom. The van der Waals surface area contributed by atoms with Gasteiger partial charge in [-0.15, -0.1) is 0 Å². The van der Waals surface area contributed by atoms with Crippen molar-refractivity contribution in [1.29, 1.82) is 0 Å². The number of H-pyrrole nitrogens is 1. The van der Waals surface area contributed by atoms with Gasteiger partial charge in [-0.05, 0) is 13.3 Å². The molecule has 1 aromatic heterocycles. The third-order valence-electron chi connectivity index (χ3n) is 2.16. The van der Waals surface area contributed by atoms with Crippen LogP contribution in [0.3, 0.4) is 0 Å². The van der Waals surface area contributed by atoms with Crippen molar-refractivity contribution in [1.82, 2.24) is 4.98 Å². The largest absolute Gasteiger partial charge is 0.488 e. The van der Waals surface area contributed by atoms with E-state index in [9.17, 15) is 9.59 Å². The molecule has 5 nitrogen and oxygen atoms in total. The summed E-state index contributed by atoms with van der Waals surface area (Å²) in [7, 11) is 0. The third kappa shape index (κ3) is 3.62. The first kappa shape index (κ1) is 13.3. The summed E-state index contributed by atoms with van der Waals surface area (Å²) in [5.74, 6) is -0.473. The highest BCUT2D eigenvalue weighted by Crippen LogP contribution is 2.05. The maximum atomic E-state index is 11.8. The summed E-state index contributed by atoms with van der Waals surface area (Å²) in [6.45, 7) is 4.42. The normalized spacial score (nSPS) is 10.0. The Balaban J connectivity index is 2.84. The van der Waals surface area contributed by atoms with Gasteiger partial charge in [0.15, 0.2) is 5.75 Å². The van der Waals surface area contributed by atoms with Crippen LogP contribution in [0.2, 0.25) is 0 Å². The summed E-state index contributed by atoms with van der Waals surface area (Å²) >= 11 is 0. The van der Waals surface area contributed by atoms with E-state index in [0.717, 1.165) is 12.8 Å². The fourth-order valence-corrected chi connectivity index (χ4v) is 1.26. The van der Waals surface area contributed by atoms with Crippen LogP contribution in [0, 0.1) is 0 Å². The zero-order chi connectivity index (χ0) is 12.7. The first-order valence-corrected chi connectivity index (χ1v) is 5.71. The van der Waals surface area contributed by atoms with Crippen LogP contribution in [0.25, 0.3) is 0 Å². The van der Waals surface area contributed by atoms with Gasteiger partial charge in [-0.25, -0.2) is 4.79 Å². The van der Waals surface area contributed by atoms with Crippen LogP contribution >= 0.6 is 0 Å². The maximum absolute atomic E-state index is 11.8. The third-order valence-corrected chi connectivity index (χ3v) is 2.16. The van der Waals surface area contributed by atoms with E-state index in [4.69, 9.17) is 9.47 Å². The molecule has 1 heterocycles.